The van der Waals surface area contributed by atoms with Crippen LogP contribution in [0, 0.1) is 5.92 Å². The lowest BCUT2D eigenvalue weighted by atomic mass is 9.83. The van der Waals surface area contributed by atoms with Gasteiger partial charge in [0.05, 0.1) is 17.5 Å². The first-order chi connectivity index (χ1) is 5.71. The van der Waals surface area contributed by atoms with Crippen molar-refractivity contribution in [3.05, 3.63) is 0 Å². The van der Waals surface area contributed by atoms with Crippen LogP contribution in [0.2, 0.25) is 0 Å². The lowest BCUT2D eigenvalue weighted by Gasteiger charge is -2.45. The highest BCUT2D eigenvalue weighted by Gasteiger charge is 2.43. The summed E-state index contributed by atoms with van der Waals surface area (Å²) in [7, 11) is 2.20. The Morgan fingerprint density at radius 2 is 1.92 bits per heavy atom. The number of rotatable bonds is 1. The molecular formula is C9H16BrNO. The maximum atomic E-state index is 5.26. The molecule has 0 radical (unpaired) electrons. The van der Waals surface area contributed by atoms with Gasteiger partial charge in [0.1, 0.15) is 0 Å². The van der Waals surface area contributed by atoms with E-state index in [4.69, 9.17) is 4.74 Å². The lowest BCUT2D eigenvalue weighted by molar-refractivity contribution is -0.0424. The van der Waals surface area contributed by atoms with Gasteiger partial charge in [0, 0.05) is 0 Å². The highest BCUT2D eigenvalue weighted by molar-refractivity contribution is 9.10. The summed E-state index contributed by atoms with van der Waals surface area (Å²) in [5.74, 6) is 0.836. The van der Waals surface area contributed by atoms with Gasteiger partial charge < -0.3 is 9.64 Å². The van der Waals surface area contributed by atoms with Crippen LogP contribution in [-0.4, -0.2) is 42.6 Å². The van der Waals surface area contributed by atoms with Crippen molar-refractivity contribution in [3.63, 3.8) is 0 Å². The average Bonchev–Trinajstić information content (AvgIpc) is 2.02. The van der Waals surface area contributed by atoms with Gasteiger partial charge in [0.2, 0.25) is 0 Å². The van der Waals surface area contributed by atoms with Crippen LogP contribution < -0.4 is 0 Å². The van der Waals surface area contributed by atoms with Crippen LogP contribution >= 0.6 is 15.9 Å². The SMILES string of the molecule is CN1CCC(C2(Br)COC2)CC1. The molecule has 2 rings (SSSR count). The number of halogens is 1. The molecule has 0 bridgehead atoms. The number of nitrogens with zero attached hydrogens (tertiary/aromatic N) is 1. The van der Waals surface area contributed by atoms with Crippen molar-refractivity contribution in [2.45, 2.75) is 17.2 Å². The molecule has 2 aliphatic heterocycles. The second-order valence-electron chi connectivity index (χ2n) is 4.10. The maximum absolute atomic E-state index is 5.26. The third kappa shape index (κ3) is 1.54. The van der Waals surface area contributed by atoms with Crippen LogP contribution in [0.25, 0.3) is 0 Å². The van der Waals surface area contributed by atoms with E-state index in [9.17, 15) is 0 Å². The second kappa shape index (κ2) is 3.28. The largest absolute Gasteiger partial charge is 0.378 e. The zero-order chi connectivity index (χ0) is 8.60. The van der Waals surface area contributed by atoms with Crippen LogP contribution in [0.1, 0.15) is 12.8 Å². The number of hydrogen-bond acceptors (Lipinski definition) is 2. The van der Waals surface area contributed by atoms with Gasteiger partial charge in [-0.2, -0.15) is 0 Å². The fourth-order valence-corrected chi connectivity index (χ4v) is 2.84. The van der Waals surface area contributed by atoms with E-state index >= 15 is 0 Å². The summed E-state index contributed by atoms with van der Waals surface area (Å²) in [4.78, 5) is 2.41. The summed E-state index contributed by atoms with van der Waals surface area (Å²) in [5.41, 5.74) is 0. The summed E-state index contributed by atoms with van der Waals surface area (Å²) in [5, 5.41) is 0. The number of likely N-dealkylation sites (tertiary alicyclic amines) is 1. The molecule has 0 aromatic heterocycles. The molecule has 2 heterocycles. The molecule has 2 aliphatic rings. The third-order valence-electron chi connectivity index (χ3n) is 3.13. The van der Waals surface area contributed by atoms with Gasteiger partial charge in [-0.15, -0.1) is 0 Å². The van der Waals surface area contributed by atoms with Crippen molar-refractivity contribution in [1.82, 2.24) is 4.90 Å². The normalized spacial score (nSPS) is 31.5. The highest BCUT2D eigenvalue weighted by atomic mass is 79.9. The number of ether oxygens (including phenoxy) is 1. The predicted molar refractivity (Wildman–Crippen MR) is 52.7 cm³/mol. The monoisotopic (exact) mass is 233 g/mol. The molecule has 0 unspecified atom stereocenters. The van der Waals surface area contributed by atoms with E-state index in [1.54, 1.807) is 0 Å². The Morgan fingerprint density at radius 3 is 2.33 bits per heavy atom. The minimum absolute atomic E-state index is 0.342. The van der Waals surface area contributed by atoms with E-state index in [1.165, 1.54) is 25.9 Å². The van der Waals surface area contributed by atoms with E-state index in [0.29, 0.717) is 4.32 Å². The molecule has 0 spiro atoms. The molecule has 0 amide bonds. The Kier molecular flexibility index (Phi) is 2.45. The Bertz CT molecular complexity index is 162. The van der Waals surface area contributed by atoms with Gasteiger partial charge in [0.15, 0.2) is 0 Å². The van der Waals surface area contributed by atoms with Crippen LogP contribution in [0.3, 0.4) is 0 Å². The summed E-state index contributed by atoms with van der Waals surface area (Å²) in [6.45, 7) is 4.33. The van der Waals surface area contributed by atoms with Crippen LogP contribution in [0.4, 0.5) is 0 Å². The number of piperidine rings is 1. The molecule has 0 N–H and O–H groups in total. The van der Waals surface area contributed by atoms with Crippen LogP contribution in [-0.2, 0) is 4.74 Å². The Hall–Kier alpha value is 0.400. The summed E-state index contributed by atoms with van der Waals surface area (Å²) >= 11 is 3.81. The molecule has 2 fully saturated rings. The molecule has 2 saturated heterocycles. The minimum atomic E-state index is 0.342. The van der Waals surface area contributed by atoms with Gasteiger partial charge in [0.25, 0.3) is 0 Å². The maximum Gasteiger partial charge on any atom is 0.0752 e. The van der Waals surface area contributed by atoms with Gasteiger partial charge >= 0.3 is 0 Å². The van der Waals surface area contributed by atoms with Crippen molar-refractivity contribution in [2.24, 2.45) is 5.92 Å². The molecule has 0 aliphatic carbocycles. The fourth-order valence-electron chi connectivity index (χ4n) is 2.06. The van der Waals surface area contributed by atoms with Crippen LogP contribution in [0.5, 0.6) is 0 Å². The smallest absolute Gasteiger partial charge is 0.0752 e. The number of alkyl halides is 1. The van der Waals surface area contributed by atoms with E-state index in [-0.39, 0.29) is 0 Å². The van der Waals surface area contributed by atoms with Crippen LogP contribution in [0.15, 0.2) is 0 Å². The van der Waals surface area contributed by atoms with E-state index < -0.39 is 0 Å². The predicted octanol–water partition coefficient (Wildman–Crippen LogP) is 1.49. The average molecular weight is 234 g/mol. The topological polar surface area (TPSA) is 12.5 Å². The molecule has 0 saturated carbocycles. The first-order valence-electron chi connectivity index (χ1n) is 4.66. The zero-order valence-corrected chi connectivity index (χ0v) is 9.14. The minimum Gasteiger partial charge on any atom is -0.378 e. The van der Waals surface area contributed by atoms with E-state index in [0.717, 1.165) is 19.1 Å². The standard InChI is InChI=1S/C9H16BrNO/c1-11-4-2-8(3-5-11)9(10)6-12-7-9/h8H,2-7H2,1H3. The quantitative estimate of drug-likeness (QED) is 0.637. The van der Waals surface area contributed by atoms with Gasteiger partial charge in [-0.1, -0.05) is 15.9 Å². The van der Waals surface area contributed by atoms with E-state index in [1.807, 2.05) is 0 Å². The Labute approximate surface area is 82.4 Å². The highest BCUT2D eigenvalue weighted by Crippen LogP contribution is 2.40. The molecule has 0 aromatic carbocycles. The van der Waals surface area contributed by atoms with Crippen molar-refractivity contribution < 1.29 is 4.74 Å². The number of hydrogen-bond donors (Lipinski definition) is 0. The van der Waals surface area contributed by atoms with Crippen molar-refractivity contribution >= 4 is 15.9 Å². The Morgan fingerprint density at radius 1 is 1.33 bits per heavy atom. The van der Waals surface area contributed by atoms with E-state index in [2.05, 4.69) is 27.9 Å². The fraction of sp³-hybridized carbons (Fsp3) is 1.00. The molecule has 70 valence electrons. The summed E-state index contributed by atoms with van der Waals surface area (Å²) in [6.07, 6.45) is 2.65. The summed E-state index contributed by atoms with van der Waals surface area (Å²) in [6, 6.07) is 0. The van der Waals surface area contributed by atoms with Gasteiger partial charge in [-0.3, -0.25) is 0 Å². The van der Waals surface area contributed by atoms with Crippen molar-refractivity contribution in [2.75, 3.05) is 33.4 Å². The molecular weight excluding hydrogens is 218 g/mol. The first kappa shape index (κ1) is 8.97. The third-order valence-corrected chi connectivity index (χ3v) is 4.24. The first-order valence-corrected chi connectivity index (χ1v) is 5.45. The molecule has 0 atom stereocenters. The van der Waals surface area contributed by atoms with Gasteiger partial charge in [-0.05, 0) is 38.9 Å². The Balaban J connectivity index is 1.88. The molecule has 2 nitrogen and oxygen atoms in total. The lowest BCUT2D eigenvalue weighted by Crippen LogP contribution is -2.52. The zero-order valence-electron chi connectivity index (χ0n) is 7.55. The second-order valence-corrected chi connectivity index (χ2v) is 5.68. The van der Waals surface area contributed by atoms with Crippen molar-refractivity contribution in [1.29, 1.82) is 0 Å². The van der Waals surface area contributed by atoms with Gasteiger partial charge in [-0.25, -0.2) is 0 Å². The molecule has 12 heavy (non-hydrogen) atoms. The van der Waals surface area contributed by atoms with Crippen molar-refractivity contribution in [3.8, 4) is 0 Å². The molecule has 0 aromatic rings. The summed E-state index contributed by atoms with van der Waals surface area (Å²) < 4.78 is 5.60. The molecule has 3 heteroatoms.